The Hall–Kier alpha value is -2.50. The summed E-state index contributed by atoms with van der Waals surface area (Å²) in [5.41, 5.74) is 0.694. The van der Waals surface area contributed by atoms with Crippen molar-refractivity contribution in [3.8, 4) is 0 Å². The van der Waals surface area contributed by atoms with E-state index in [-0.39, 0.29) is 6.42 Å². The zero-order valence-corrected chi connectivity index (χ0v) is 13.8. The van der Waals surface area contributed by atoms with Gasteiger partial charge in [-0.3, -0.25) is 0 Å². The highest BCUT2D eigenvalue weighted by atomic mass is 16.6. The minimum Gasteiger partial charge on any atom is -0.480 e. The minimum absolute atomic E-state index is 0.102. The Morgan fingerprint density at radius 3 is 2.74 bits per heavy atom. The Kier molecular flexibility index (Phi) is 6.63. The van der Waals surface area contributed by atoms with Gasteiger partial charge in [-0.05, 0) is 31.9 Å². The number of hydrogen-bond donors (Lipinski definition) is 3. The molecule has 1 atom stereocenters. The predicted octanol–water partition coefficient (Wildman–Crippen LogP) is 2.51. The van der Waals surface area contributed by atoms with Crippen LogP contribution < -0.4 is 10.6 Å². The number of allylic oxidation sites excluding steroid dienone is 4. The van der Waals surface area contributed by atoms with E-state index in [4.69, 9.17) is 4.74 Å². The van der Waals surface area contributed by atoms with Gasteiger partial charge in [-0.15, -0.1) is 0 Å². The summed E-state index contributed by atoms with van der Waals surface area (Å²) in [7, 11) is 0. The Balaban J connectivity index is 2.80. The summed E-state index contributed by atoms with van der Waals surface area (Å²) in [6.45, 7) is 9.69. The summed E-state index contributed by atoms with van der Waals surface area (Å²) in [5, 5.41) is 14.8. The fraction of sp³-hybridized carbons (Fsp3) is 0.412. The highest BCUT2D eigenvalue weighted by Crippen LogP contribution is 2.17. The van der Waals surface area contributed by atoms with E-state index in [1.165, 1.54) is 0 Å². The van der Waals surface area contributed by atoms with Gasteiger partial charge >= 0.3 is 12.1 Å². The predicted molar refractivity (Wildman–Crippen MR) is 88.9 cm³/mol. The lowest BCUT2D eigenvalue weighted by Crippen LogP contribution is -2.43. The third-order valence-electron chi connectivity index (χ3n) is 2.88. The Labute approximate surface area is 136 Å². The first-order valence-corrected chi connectivity index (χ1v) is 7.36. The quantitative estimate of drug-likeness (QED) is 0.741. The molecule has 6 heteroatoms. The van der Waals surface area contributed by atoms with Crippen molar-refractivity contribution in [2.24, 2.45) is 0 Å². The van der Waals surface area contributed by atoms with Gasteiger partial charge < -0.3 is 20.5 Å². The first-order valence-electron chi connectivity index (χ1n) is 7.36. The fourth-order valence-corrected chi connectivity index (χ4v) is 1.83. The van der Waals surface area contributed by atoms with E-state index in [0.717, 1.165) is 0 Å². The van der Waals surface area contributed by atoms with E-state index in [0.29, 0.717) is 17.7 Å². The van der Waals surface area contributed by atoms with Crippen molar-refractivity contribution in [2.45, 2.75) is 38.8 Å². The molecule has 0 aromatic rings. The SMILES string of the molecule is C=C1/C=C\C=C/CN/C=C\1CC(NC(=O)OC(C)(C)C)C(=O)O. The lowest BCUT2D eigenvalue weighted by Gasteiger charge is -2.22. The van der Waals surface area contributed by atoms with Gasteiger partial charge in [0.25, 0.3) is 0 Å². The number of carboxylic acids is 1. The van der Waals surface area contributed by atoms with Crippen molar-refractivity contribution >= 4 is 12.1 Å². The minimum atomic E-state index is -1.13. The summed E-state index contributed by atoms with van der Waals surface area (Å²) in [6, 6.07) is -1.10. The lowest BCUT2D eigenvalue weighted by atomic mass is 10.00. The molecular weight excluding hydrogens is 296 g/mol. The Morgan fingerprint density at radius 1 is 1.43 bits per heavy atom. The van der Waals surface area contributed by atoms with Crippen molar-refractivity contribution in [1.29, 1.82) is 0 Å². The molecule has 0 spiro atoms. The molecule has 0 aromatic carbocycles. The van der Waals surface area contributed by atoms with E-state index in [1.807, 2.05) is 18.2 Å². The average Bonchev–Trinajstić information content (AvgIpc) is 2.49. The summed E-state index contributed by atoms with van der Waals surface area (Å²) in [6.07, 6.45) is 8.49. The lowest BCUT2D eigenvalue weighted by molar-refractivity contribution is -0.139. The maximum Gasteiger partial charge on any atom is 0.408 e. The highest BCUT2D eigenvalue weighted by molar-refractivity contribution is 5.80. The number of alkyl carbamates (subject to hydrolysis) is 1. The van der Waals surface area contributed by atoms with Crippen LogP contribution in [0.1, 0.15) is 27.2 Å². The summed E-state index contributed by atoms with van der Waals surface area (Å²) in [4.78, 5) is 23.2. The molecule has 1 aliphatic rings. The number of ether oxygens (including phenoxy) is 1. The zero-order valence-electron chi connectivity index (χ0n) is 13.8. The number of aliphatic carboxylic acids is 1. The Bertz CT molecular complexity index is 553. The van der Waals surface area contributed by atoms with Crippen molar-refractivity contribution < 1.29 is 19.4 Å². The van der Waals surface area contributed by atoms with Crippen LogP contribution in [0.4, 0.5) is 4.79 Å². The molecule has 0 radical (unpaired) electrons. The number of nitrogens with one attached hydrogen (secondary N) is 2. The molecule has 6 nitrogen and oxygen atoms in total. The van der Waals surface area contributed by atoms with Gasteiger partial charge in [0, 0.05) is 19.2 Å². The zero-order chi connectivity index (χ0) is 17.5. The van der Waals surface area contributed by atoms with Crippen LogP contribution >= 0.6 is 0 Å². The number of carbonyl (C=O) groups excluding carboxylic acids is 1. The molecule has 0 saturated heterocycles. The number of carbonyl (C=O) groups is 2. The van der Waals surface area contributed by atoms with Crippen LogP contribution in [0.25, 0.3) is 0 Å². The highest BCUT2D eigenvalue weighted by Gasteiger charge is 2.25. The third-order valence-corrected chi connectivity index (χ3v) is 2.88. The van der Waals surface area contributed by atoms with Crippen LogP contribution in [-0.4, -0.2) is 35.4 Å². The molecule has 1 heterocycles. The smallest absolute Gasteiger partial charge is 0.408 e. The molecule has 1 aliphatic heterocycles. The van der Waals surface area contributed by atoms with Crippen LogP contribution in [0.5, 0.6) is 0 Å². The van der Waals surface area contributed by atoms with Crippen molar-refractivity contribution in [3.63, 3.8) is 0 Å². The van der Waals surface area contributed by atoms with Gasteiger partial charge in [0.2, 0.25) is 0 Å². The molecule has 0 bridgehead atoms. The Morgan fingerprint density at radius 2 is 2.13 bits per heavy atom. The van der Waals surface area contributed by atoms with Gasteiger partial charge in [-0.25, -0.2) is 9.59 Å². The first kappa shape index (κ1) is 18.5. The fourth-order valence-electron chi connectivity index (χ4n) is 1.83. The van der Waals surface area contributed by atoms with Gasteiger partial charge in [0.15, 0.2) is 0 Å². The first-order chi connectivity index (χ1) is 10.7. The maximum atomic E-state index is 11.8. The van der Waals surface area contributed by atoms with E-state index < -0.39 is 23.7 Å². The van der Waals surface area contributed by atoms with Gasteiger partial charge in [0.1, 0.15) is 11.6 Å². The van der Waals surface area contributed by atoms with Crippen molar-refractivity contribution in [3.05, 3.63) is 48.2 Å². The standard InChI is InChI=1S/C17H24N2O4/c1-12-8-6-5-7-9-18-11-13(12)10-14(15(20)21)19-16(22)23-17(2,3)4/h5-8,11,14,18H,1,9-10H2,2-4H3,(H,19,22)(H,20,21)/b7-5-,8-6-,13-11-. The summed E-state index contributed by atoms with van der Waals surface area (Å²) < 4.78 is 5.10. The molecule has 0 saturated carbocycles. The molecule has 1 amide bonds. The molecular formula is C17H24N2O4. The number of hydrogen-bond acceptors (Lipinski definition) is 4. The summed E-state index contributed by atoms with van der Waals surface area (Å²) >= 11 is 0. The molecule has 0 aliphatic carbocycles. The van der Waals surface area contributed by atoms with Crippen LogP contribution in [-0.2, 0) is 9.53 Å². The topological polar surface area (TPSA) is 87.7 Å². The van der Waals surface area contributed by atoms with Gasteiger partial charge in [0.05, 0.1) is 0 Å². The van der Waals surface area contributed by atoms with Crippen LogP contribution in [0.15, 0.2) is 48.2 Å². The van der Waals surface area contributed by atoms with E-state index in [9.17, 15) is 14.7 Å². The largest absolute Gasteiger partial charge is 0.480 e. The second-order valence-electron chi connectivity index (χ2n) is 6.13. The van der Waals surface area contributed by atoms with E-state index in [2.05, 4.69) is 17.2 Å². The molecule has 1 rings (SSSR count). The third kappa shape index (κ3) is 7.35. The van der Waals surface area contributed by atoms with E-state index in [1.54, 1.807) is 33.0 Å². The second-order valence-corrected chi connectivity index (χ2v) is 6.13. The molecule has 23 heavy (non-hydrogen) atoms. The molecule has 126 valence electrons. The van der Waals surface area contributed by atoms with Crippen molar-refractivity contribution in [1.82, 2.24) is 10.6 Å². The van der Waals surface area contributed by atoms with Crippen LogP contribution in [0, 0.1) is 0 Å². The monoisotopic (exact) mass is 320 g/mol. The number of amides is 1. The second kappa shape index (κ2) is 8.22. The van der Waals surface area contributed by atoms with E-state index >= 15 is 0 Å². The molecule has 0 fully saturated rings. The van der Waals surface area contributed by atoms with Gasteiger partial charge in [-0.1, -0.05) is 30.9 Å². The normalized spacial score (nSPS) is 21.3. The molecule has 0 aromatic heterocycles. The number of carboxylic acid groups (broad SMARTS) is 1. The molecule has 1 unspecified atom stereocenters. The molecule has 3 N–H and O–H groups in total. The van der Waals surface area contributed by atoms with Crippen molar-refractivity contribution in [2.75, 3.05) is 6.54 Å². The van der Waals surface area contributed by atoms with Crippen LogP contribution in [0.3, 0.4) is 0 Å². The average molecular weight is 320 g/mol. The summed E-state index contributed by atoms with van der Waals surface area (Å²) in [5.74, 6) is -1.13. The number of rotatable bonds is 4. The van der Waals surface area contributed by atoms with Gasteiger partial charge in [-0.2, -0.15) is 0 Å². The maximum absolute atomic E-state index is 11.8. The van der Waals surface area contributed by atoms with Crippen LogP contribution in [0.2, 0.25) is 0 Å².